The van der Waals surface area contributed by atoms with Gasteiger partial charge in [0.25, 0.3) is 0 Å². The summed E-state index contributed by atoms with van der Waals surface area (Å²) >= 11 is 0. The number of nitrogens with zero attached hydrogens (tertiary/aromatic N) is 1. The lowest BCUT2D eigenvalue weighted by molar-refractivity contribution is -0.141. The Morgan fingerprint density at radius 1 is 1.03 bits per heavy atom. The molecule has 0 saturated heterocycles. The predicted molar refractivity (Wildman–Crippen MR) is 137 cm³/mol. The summed E-state index contributed by atoms with van der Waals surface area (Å²) in [7, 11) is 0. The number of benzene rings is 3. The number of fused-ring (bicyclic) bond motifs is 1. The van der Waals surface area contributed by atoms with Crippen molar-refractivity contribution in [3.8, 4) is 22.9 Å². The molecule has 0 radical (unpaired) electrons. The van der Waals surface area contributed by atoms with Crippen LogP contribution in [0.25, 0.3) is 22.3 Å². The molecule has 2 unspecified atom stereocenters. The molecular formula is C29H23F4N3O3. The number of halogens is 4. The largest absolute Gasteiger partial charge is 0.481 e. The minimum absolute atomic E-state index is 0.0148. The van der Waals surface area contributed by atoms with E-state index >= 15 is 4.39 Å². The summed E-state index contributed by atoms with van der Waals surface area (Å²) < 4.78 is 64.9. The molecule has 2 atom stereocenters. The second-order valence-corrected chi connectivity index (χ2v) is 9.36. The molecule has 0 fully saturated rings. The van der Waals surface area contributed by atoms with Crippen LogP contribution in [-0.2, 0) is 11.2 Å². The zero-order chi connectivity index (χ0) is 27.8. The molecule has 5 aromatic rings. The fourth-order valence-corrected chi connectivity index (χ4v) is 4.44. The van der Waals surface area contributed by atoms with Crippen LogP contribution in [0.3, 0.4) is 0 Å². The van der Waals surface area contributed by atoms with Gasteiger partial charge in [-0.2, -0.15) is 0 Å². The molecule has 0 saturated carbocycles. The summed E-state index contributed by atoms with van der Waals surface area (Å²) in [6.45, 7) is 3.24. The zero-order valence-corrected chi connectivity index (χ0v) is 20.9. The Labute approximate surface area is 220 Å². The summed E-state index contributed by atoms with van der Waals surface area (Å²) in [6.07, 6.45) is 2.95. The van der Waals surface area contributed by atoms with Gasteiger partial charge in [0.2, 0.25) is 0 Å². The van der Waals surface area contributed by atoms with Crippen molar-refractivity contribution in [3.05, 3.63) is 101 Å². The van der Waals surface area contributed by atoms with Gasteiger partial charge in [-0.25, -0.2) is 22.5 Å². The molecule has 39 heavy (non-hydrogen) atoms. The number of aromatic amines is 2. The second-order valence-electron chi connectivity index (χ2n) is 9.36. The Bertz CT molecular complexity index is 1690. The topological polar surface area (TPSA) is 91.0 Å². The smallest absolute Gasteiger partial charge is 0.306 e. The molecule has 200 valence electrons. The highest BCUT2D eigenvalue weighted by Gasteiger charge is 2.22. The van der Waals surface area contributed by atoms with Crippen LogP contribution in [0.5, 0.6) is 11.5 Å². The number of rotatable bonds is 8. The van der Waals surface area contributed by atoms with Crippen molar-refractivity contribution in [1.29, 1.82) is 0 Å². The van der Waals surface area contributed by atoms with Gasteiger partial charge in [0.05, 0.1) is 17.0 Å². The fraction of sp³-hybridized carbons (Fsp3) is 0.172. The number of nitrogens with one attached hydrogen (secondary N) is 2. The molecule has 0 aliphatic carbocycles. The van der Waals surface area contributed by atoms with Crippen molar-refractivity contribution >= 4 is 16.9 Å². The molecule has 2 aromatic heterocycles. The number of carboxylic acids is 1. The monoisotopic (exact) mass is 537 g/mol. The highest BCUT2D eigenvalue weighted by atomic mass is 19.1. The summed E-state index contributed by atoms with van der Waals surface area (Å²) in [6, 6.07) is 10.9. The van der Waals surface area contributed by atoms with Gasteiger partial charge in [0.1, 0.15) is 23.2 Å². The molecule has 0 bridgehead atoms. The molecule has 10 heteroatoms. The van der Waals surface area contributed by atoms with E-state index in [0.29, 0.717) is 11.3 Å². The van der Waals surface area contributed by atoms with Gasteiger partial charge in [0, 0.05) is 35.5 Å². The number of imidazole rings is 1. The van der Waals surface area contributed by atoms with E-state index in [9.17, 15) is 23.1 Å². The number of carboxylic acid groups (broad SMARTS) is 1. The SMILES string of the molecule is CC(Cc1cccc(C(C)c2cnc(-c3cc(Oc4c(F)cc5[nH]ccc5c4F)ccc3F)[nH]2)c1F)C(=O)O. The molecule has 3 N–H and O–H groups in total. The molecule has 2 heterocycles. The van der Waals surface area contributed by atoms with Gasteiger partial charge in [0.15, 0.2) is 17.4 Å². The molecule has 5 rings (SSSR count). The van der Waals surface area contributed by atoms with E-state index in [1.807, 2.05) is 0 Å². The van der Waals surface area contributed by atoms with Crippen LogP contribution < -0.4 is 4.74 Å². The maximum atomic E-state index is 15.3. The number of ether oxygens (including phenoxy) is 1. The number of hydrogen-bond donors (Lipinski definition) is 3. The van der Waals surface area contributed by atoms with Crippen molar-refractivity contribution in [2.45, 2.75) is 26.2 Å². The first kappa shape index (κ1) is 26.0. The lowest BCUT2D eigenvalue weighted by Gasteiger charge is -2.15. The summed E-state index contributed by atoms with van der Waals surface area (Å²) in [5, 5.41) is 9.32. The van der Waals surface area contributed by atoms with Crippen LogP contribution in [0.1, 0.15) is 36.6 Å². The molecule has 0 spiro atoms. The van der Waals surface area contributed by atoms with E-state index in [4.69, 9.17) is 4.74 Å². The Balaban J connectivity index is 1.43. The number of H-pyrrole nitrogens is 2. The van der Waals surface area contributed by atoms with Crippen molar-refractivity contribution in [2.24, 2.45) is 5.92 Å². The second kappa shape index (κ2) is 10.3. The van der Waals surface area contributed by atoms with Gasteiger partial charge in [-0.3, -0.25) is 4.79 Å². The summed E-state index contributed by atoms with van der Waals surface area (Å²) in [5.41, 5.74) is 1.34. The van der Waals surface area contributed by atoms with Crippen molar-refractivity contribution in [1.82, 2.24) is 15.0 Å². The number of carbonyl (C=O) groups is 1. The third-order valence-corrected chi connectivity index (χ3v) is 6.70. The molecular weight excluding hydrogens is 514 g/mol. The third kappa shape index (κ3) is 4.97. The Morgan fingerprint density at radius 2 is 1.82 bits per heavy atom. The van der Waals surface area contributed by atoms with Crippen LogP contribution in [0.2, 0.25) is 0 Å². The average molecular weight is 538 g/mol. The molecule has 6 nitrogen and oxygen atoms in total. The number of hydrogen-bond acceptors (Lipinski definition) is 3. The van der Waals surface area contributed by atoms with Crippen molar-refractivity contribution in [2.75, 3.05) is 0 Å². The minimum Gasteiger partial charge on any atom is -0.481 e. The lowest BCUT2D eigenvalue weighted by atomic mass is 9.92. The Morgan fingerprint density at radius 3 is 2.59 bits per heavy atom. The number of aromatic nitrogens is 3. The molecule has 0 aliphatic heterocycles. The van der Waals surface area contributed by atoms with E-state index in [1.54, 1.807) is 25.1 Å². The maximum absolute atomic E-state index is 15.3. The van der Waals surface area contributed by atoms with E-state index in [0.717, 1.165) is 12.1 Å². The lowest BCUT2D eigenvalue weighted by Crippen LogP contribution is -2.14. The predicted octanol–water partition coefficient (Wildman–Crippen LogP) is 7.32. The number of aliphatic carboxylic acids is 1. The zero-order valence-electron chi connectivity index (χ0n) is 20.9. The quantitative estimate of drug-likeness (QED) is 0.181. The fourth-order valence-electron chi connectivity index (χ4n) is 4.44. The van der Waals surface area contributed by atoms with E-state index < -0.39 is 46.8 Å². The van der Waals surface area contributed by atoms with Crippen LogP contribution in [-0.4, -0.2) is 26.0 Å². The molecule has 0 aliphatic rings. The van der Waals surface area contributed by atoms with Gasteiger partial charge >= 0.3 is 5.97 Å². The molecule has 3 aromatic carbocycles. The van der Waals surface area contributed by atoms with Crippen LogP contribution >= 0.6 is 0 Å². The molecule has 0 amide bonds. The average Bonchev–Trinajstić information content (AvgIpc) is 3.58. The van der Waals surface area contributed by atoms with E-state index in [1.165, 1.54) is 37.5 Å². The normalized spacial score (nSPS) is 13.0. The van der Waals surface area contributed by atoms with Gasteiger partial charge in [-0.1, -0.05) is 32.0 Å². The maximum Gasteiger partial charge on any atom is 0.306 e. The minimum atomic E-state index is -1.02. The van der Waals surface area contributed by atoms with Crippen LogP contribution in [0.4, 0.5) is 17.6 Å². The standard InChI is InChI=1S/C29H23F4N3O3/c1-14(29(37)38)10-16-4-3-5-18(25(16)32)15(2)24-13-35-28(36-24)20-11-17(6-7-21(20)30)39-27-22(31)12-23-19(26(27)33)8-9-34-23/h3-9,11-15,34H,10H2,1-2H3,(H,35,36)(H,37,38). The van der Waals surface area contributed by atoms with Gasteiger partial charge in [-0.15, -0.1) is 0 Å². The highest BCUT2D eigenvalue weighted by molar-refractivity contribution is 5.82. The van der Waals surface area contributed by atoms with Crippen LogP contribution in [0, 0.1) is 29.2 Å². The highest BCUT2D eigenvalue weighted by Crippen LogP contribution is 2.35. The van der Waals surface area contributed by atoms with Gasteiger partial charge < -0.3 is 19.8 Å². The summed E-state index contributed by atoms with van der Waals surface area (Å²) in [5.74, 6) is -5.82. The first-order chi connectivity index (χ1) is 18.6. The van der Waals surface area contributed by atoms with E-state index in [-0.39, 0.29) is 40.0 Å². The third-order valence-electron chi connectivity index (χ3n) is 6.70. The Kier molecular flexibility index (Phi) is 6.86. The van der Waals surface area contributed by atoms with Crippen LogP contribution in [0.15, 0.2) is 60.9 Å². The summed E-state index contributed by atoms with van der Waals surface area (Å²) in [4.78, 5) is 21.2. The van der Waals surface area contributed by atoms with E-state index in [2.05, 4.69) is 15.0 Å². The van der Waals surface area contributed by atoms with Crippen molar-refractivity contribution < 1.29 is 32.2 Å². The first-order valence-electron chi connectivity index (χ1n) is 12.1. The van der Waals surface area contributed by atoms with Gasteiger partial charge in [-0.05, 0) is 41.8 Å². The Hall–Kier alpha value is -4.60. The van der Waals surface area contributed by atoms with Crippen molar-refractivity contribution in [3.63, 3.8) is 0 Å². The first-order valence-corrected chi connectivity index (χ1v) is 12.1.